The molecule has 4 nitrogen and oxygen atoms in total. The largest absolute Gasteiger partial charge is 0.396 e. The molecule has 0 saturated carbocycles. The number of aliphatic hydroxyl groups excluding tert-OH is 3. The average Bonchev–Trinajstić information content (AvgIpc) is 2.31. The van der Waals surface area contributed by atoms with Crippen molar-refractivity contribution < 1.29 is 15.3 Å². The van der Waals surface area contributed by atoms with Crippen LogP contribution in [0.2, 0.25) is 0 Å². The van der Waals surface area contributed by atoms with E-state index in [9.17, 15) is 0 Å². The van der Waals surface area contributed by atoms with Crippen molar-refractivity contribution in [2.24, 2.45) is 11.1 Å². The highest BCUT2D eigenvalue weighted by atomic mass is 16.3. The van der Waals surface area contributed by atoms with Gasteiger partial charge in [-0.15, -0.1) is 0 Å². The van der Waals surface area contributed by atoms with E-state index in [1.54, 1.807) is 0 Å². The number of hydrogen-bond donors (Lipinski definition) is 4. The second-order valence-corrected chi connectivity index (χ2v) is 4.52. The first-order valence-electron chi connectivity index (χ1n) is 6.27. The van der Waals surface area contributed by atoms with Gasteiger partial charge in [0.15, 0.2) is 0 Å². The van der Waals surface area contributed by atoms with Gasteiger partial charge in [0.1, 0.15) is 0 Å². The third-order valence-electron chi connectivity index (χ3n) is 3.27. The Morgan fingerprint density at radius 1 is 0.688 bits per heavy atom. The summed E-state index contributed by atoms with van der Waals surface area (Å²) in [6.45, 7) is 1.22. The lowest BCUT2D eigenvalue weighted by Crippen LogP contribution is -2.26. The summed E-state index contributed by atoms with van der Waals surface area (Å²) < 4.78 is 0. The molecule has 0 aliphatic heterocycles. The van der Waals surface area contributed by atoms with Crippen molar-refractivity contribution >= 4 is 0 Å². The fourth-order valence-corrected chi connectivity index (χ4v) is 2.42. The standard InChI is InChI=1S/C12H27NO3/c13-8-7-12(4-1-9-14,5-2-10-15)6-3-11-16/h14-16H,1-11,13H2. The molecule has 4 heteroatoms. The number of aliphatic hydroxyl groups is 3. The highest BCUT2D eigenvalue weighted by Crippen LogP contribution is 2.38. The topological polar surface area (TPSA) is 86.7 Å². The second kappa shape index (κ2) is 10.0. The third-order valence-corrected chi connectivity index (χ3v) is 3.27. The van der Waals surface area contributed by atoms with Crippen LogP contribution < -0.4 is 5.73 Å². The van der Waals surface area contributed by atoms with Crippen LogP contribution in [-0.4, -0.2) is 41.7 Å². The molecule has 0 saturated heterocycles. The molecule has 0 aromatic rings. The summed E-state index contributed by atoms with van der Waals surface area (Å²) in [4.78, 5) is 0. The van der Waals surface area contributed by atoms with Crippen molar-refractivity contribution in [3.8, 4) is 0 Å². The Bertz CT molecular complexity index is 131. The van der Waals surface area contributed by atoms with Gasteiger partial charge in [-0.1, -0.05) is 0 Å². The average molecular weight is 233 g/mol. The van der Waals surface area contributed by atoms with E-state index in [1.165, 1.54) is 0 Å². The molecule has 0 aromatic carbocycles. The molecule has 0 amide bonds. The number of rotatable bonds is 11. The van der Waals surface area contributed by atoms with Gasteiger partial charge in [0.05, 0.1) is 0 Å². The van der Waals surface area contributed by atoms with Crippen LogP contribution in [0.15, 0.2) is 0 Å². The number of nitrogens with two attached hydrogens (primary N) is 1. The van der Waals surface area contributed by atoms with E-state index >= 15 is 0 Å². The zero-order valence-electron chi connectivity index (χ0n) is 10.2. The van der Waals surface area contributed by atoms with E-state index < -0.39 is 0 Å². The lowest BCUT2D eigenvalue weighted by Gasteiger charge is -2.33. The third kappa shape index (κ3) is 6.43. The van der Waals surface area contributed by atoms with Gasteiger partial charge in [-0.2, -0.15) is 0 Å². The molecule has 0 radical (unpaired) electrons. The van der Waals surface area contributed by atoms with Crippen molar-refractivity contribution in [3.63, 3.8) is 0 Å². The van der Waals surface area contributed by atoms with Crippen molar-refractivity contribution in [1.29, 1.82) is 0 Å². The van der Waals surface area contributed by atoms with Crippen LogP contribution in [0.5, 0.6) is 0 Å². The summed E-state index contributed by atoms with van der Waals surface area (Å²) in [5, 5.41) is 26.8. The maximum atomic E-state index is 8.92. The molecule has 98 valence electrons. The fraction of sp³-hybridized carbons (Fsp3) is 1.00. The van der Waals surface area contributed by atoms with Crippen molar-refractivity contribution in [2.75, 3.05) is 26.4 Å². The molecule has 0 aromatic heterocycles. The Kier molecular flexibility index (Phi) is 9.92. The summed E-state index contributed by atoms with van der Waals surface area (Å²) in [5.41, 5.74) is 5.74. The van der Waals surface area contributed by atoms with Crippen LogP contribution in [0.1, 0.15) is 44.9 Å². The van der Waals surface area contributed by atoms with E-state index in [-0.39, 0.29) is 25.2 Å². The molecule has 0 spiro atoms. The normalized spacial score (nSPS) is 12.0. The monoisotopic (exact) mass is 233 g/mol. The van der Waals surface area contributed by atoms with Crippen LogP contribution in [0.4, 0.5) is 0 Å². The first-order chi connectivity index (χ1) is 7.74. The van der Waals surface area contributed by atoms with Gasteiger partial charge in [-0.05, 0) is 56.9 Å². The summed E-state index contributed by atoms with van der Waals surface area (Å²) in [6.07, 6.45) is 6.03. The maximum absolute atomic E-state index is 8.92. The minimum absolute atomic E-state index is 0.100. The molecule has 16 heavy (non-hydrogen) atoms. The molecule has 0 bridgehead atoms. The Morgan fingerprint density at radius 3 is 1.31 bits per heavy atom. The van der Waals surface area contributed by atoms with Crippen molar-refractivity contribution in [3.05, 3.63) is 0 Å². The molecule has 0 rings (SSSR count). The highest BCUT2D eigenvalue weighted by molar-refractivity contribution is 4.80. The number of hydrogen-bond acceptors (Lipinski definition) is 4. The predicted octanol–water partition coefficient (Wildman–Crippen LogP) is 0.639. The summed E-state index contributed by atoms with van der Waals surface area (Å²) in [7, 11) is 0. The van der Waals surface area contributed by atoms with Gasteiger partial charge in [0, 0.05) is 19.8 Å². The predicted molar refractivity (Wildman–Crippen MR) is 65.1 cm³/mol. The SMILES string of the molecule is NCCC(CCCO)(CCCO)CCCO. The minimum atomic E-state index is 0.100. The molecule has 0 heterocycles. The van der Waals surface area contributed by atoms with Gasteiger partial charge in [0.25, 0.3) is 0 Å². The summed E-state index contributed by atoms with van der Waals surface area (Å²) >= 11 is 0. The molecule has 0 aliphatic rings. The van der Waals surface area contributed by atoms with Crippen LogP contribution in [0.25, 0.3) is 0 Å². The molecule has 0 unspecified atom stereocenters. The van der Waals surface area contributed by atoms with Gasteiger partial charge >= 0.3 is 0 Å². The quantitative estimate of drug-likeness (QED) is 0.422. The molecule has 5 N–H and O–H groups in total. The molecular formula is C12H27NO3. The zero-order valence-corrected chi connectivity index (χ0v) is 10.2. The first kappa shape index (κ1) is 15.8. The Balaban J connectivity index is 4.32. The van der Waals surface area contributed by atoms with Crippen LogP contribution in [0, 0.1) is 5.41 Å². The van der Waals surface area contributed by atoms with Crippen molar-refractivity contribution in [1.82, 2.24) is 0 Å². The molecule has 0 fully saturated rings. The Morgan fingerprint density at radius 2 is 1.06 bits per heavy atom. The molecular weight excluding hydrogens is 206 g/mol. The Hall–Kier alpha value is -0.160. The van der Waals surface area contributed by atoms with Gasteiger partial charge < -0.3 is 21.1 Å². The van der Waals surface area contributed by atoms with E-state index in [2.05, 4.69) is 0 Å². The zero-order chi connectivity index (χ0) is 12.3. The smallest absolute Gasteiger partial charge is 0.0431 e. The lowest BCUT2D eigenvalue weighted by molar-refractivity contribution is 0.140. The second-order valence-electron chi connectivity index (χ2n) is 4.52. The van der Waals surface area contributed by atoms with E-state index in [0.717, 1.165) is 44.9 Å². The van der Waals surface area contributed by atoms with Gasteiger partial charge in [0.2, 0.25) is 0 Å². The molecule has 0 aliphatic carbocycles. The van der Waals surface area contributed by atoms with Crippen LogP contribution in [0.3, 0.4) is 0 Å². The Labute approximate surface area is 98.5 Å². The summed E-state index contributed by atoms with van der Waals surface area (Å²) in [5.74, 6) is 0. The highest BCUT2D eigenvalue weighted by Gasteiger charge is 2.27. The van der Waals surface area contributed by atoms with Gasteiger partial charge in [-0.3, -0.25) is 0 Å². The van der Waals surface area contributed by atoms with Gasteiger partial charge in [-0.25, -0.2) is 0 Å². The maximum Gasteiger partial charge on any atom is 0.0431 e. The summed E-state index contributed by atoms with van der Waals surface area (Å²) in [6, 6.07) is 0. The molecule has 0 atom stereocenters. The van der Waals surface area contributed by atoms with Crippen LogP contribution in [-0.2, 0) is 0 Å². The first-order valence-corrected chi connectivity index (χ1v) is 6.27. The van der Waals surface area contributed by atoms with E-state index in [1.807, 2.05) is 0 Å². The fourth-order valence-electron chi connectivity index (χ4n) is 2.42. The minimum Gasteiger partial charge on any atom is -0.396 e. The van der Waals surface area contributed by atoms with E-state index in [0.29, 0.717) is 6.54 Å². The van der Waals surface area contributed by atoms with Crippen molar-refractivity contribution in [2.45, 2.75) is 44.9 Å². The lowest BCUT2D eigenvalue weighted by atomic mass is 9.73. The van der Waals surface area contributed by atoms with Crippen LogP contribution >= 0.6 is 0 Å². The van der Waals surface area contributed by atoms with E-state index in [4.69, 9.17) is 21.1 Å².